The molecule has 0 spiro atoms. The van der Waals surface area contributed by atoms with Crippen LogP contribution in [0.1, 0.15) is 77.7 Å². The smallest absolute Gasteiger partial charge is 0.408 e. The van der Waals surface area contributed by atoms with Gasteiger partial charge in [0.05, 0.1) is 0 Å². The predicted octanol–water partition coefficient (Wildman–Crippen LogP) is 2.80. The number of nitrogens with one attached hydrogen (secondary N) is 3. The maximum absolute atomic E-state index is 13.7. The number of ether oxygens (including phenoxy) is 1. The first-order chi connectivity index (χ1) is 21.2. The van der Waals surface area contributed by atoms with Crippen molar-refractivity contribution in [2.24, 2.45) is 5.92 Å². The molecule has 248 valence electrons. The van der Waals surface area contributed by atoms with E-state index in [0.717, 1.165) is 29.1 Å². The van der Waals surface area contributed by atoms with Gasteiger partial charge in [-0.1, -0.05) is 55.3 Å². The molecule has 2 heterocycles. The third kappa shape index (κ3) is 9.06. The largest absolute Gasteiger partial charge is 0.444 e. The Morgan fingerprint density at radius 1 is 1.09 bits per heavy atom. The molecule has 2 aliphatic heterocycles. The average molecular weight is 646 g/mol. The molecule has 0 aromatic heterocycles. The molecule has 1 aromatic rings. The van der Waals surface area contributed by atoms with Crippen molar-refractivity contribution >= 4 is 34.0 Å². The van der Waals surface area contributed by atoms with Crippen molar-refractivity contribution in [1.29, 1.82) is 0 Å². The third-order valence-electron chi connectivity index (χ3n) is 8.52. The van der Waals surface area contributed by atoms with E-state index < -0.39 is 51.3 Å². The molecule has 3 aliphatic rings. The summed E-state index contributed by atoms with van der Waals surface area (Å²) in [6, 6.07) is 7.71. The summed E-state index contributed by atoms with van der Waals surface area (Å²) in [6.07, 6.45) is 8.25. The maximum Gasteiger partial charge on any atom is 0.408 e. The number of hydrogen-bond acceptors (Lipinski definition) is 7. The number of carbonyl (C=O) groups is 4. The Balaban J connectivity index is 1.50. The van der Waals surface area contributed by atoms with Gasteiger partial charge in [-0.15, -0.1) is 0 Å². The van der Waals surface area contributed by atoms with Crippen molar-refractivity contribution in [3.63, 3.8) is 0 Å². The SMILES string of the molecule is CN(CCc1ccccc1)S(=O)(=O)NC(=O)[C@@]12C[C@@H]1/C=C\CCCCC[C@H](NC(=O)OC(C)(C)C)C(=O)N1CCC[C@H]1C(=O)N2. The Morgan fingerprint density at radius 3 is 2.53 bits per heavy atom. The van der Waals surface area contributed by atoms with Crippen molar-refractivity contribution in [2.45, 2.75) is 102 Å². The molecule has 2 fully saturated rings. The number of amides is 4. The number of allylic oxidation sites excluding steroid dienone is 1. The molecule has 0 bridgehead atoms. The Kier molecular flexibility index (Phi) is 11.0. The number of rotatable bonds is 7. The number of alkyl carbamates (subject to hydrolysis) is 1. The van der Waals surface area contributed by atoms with E-state index in [-0.39, 0.29) is 24.8 Å². The Labute approximate surface area is 266 Å². The number of hydrogen-bond donors (Lipinski definition) is 3. The lowest BCUT2D eigenvalue weighted by molar-refractivity contribution is -0.141. The maximum atomic E-state index is 13.7. The quantitative estimate of drug-likeness (QED) is 0.386. The van der Waals surface area contributed by atoms with Crippen LogP contribution in [0, 0.1) is 5.92 Å². The van der Waals surface area contributed by atoms with Crippen LogP contribution in [0.5, 0.6) is 0 Å². The predicted molar refractivity (Wildman–Crippen MR) is 169 cm³/mol. The lowest BCUT2D eigenvalue weighted by Crippen LogP contribution is -2.59. The molecule has 13 heteroatoms. The van der Waals surface area contributed by atoms with Crippen LogP contribution in [-0.2, 0) is 35.8 Å². The fourth-order valence-corrected chi connectivity index (χ4v) is 6.78. The van der Waals surface area contributed by atoms with Crippen LogP contribution in [0.2, 0.25) is 0 Å². The molecule has 0 unspecified atom stereocenters. The molecule has 1 saturated carbocycles. The summed E-state index contributed by atoms with van der Waals surface area (Å²) in [5, 5.41) is 5.55. The molecule has 45 heavy (non-hydrogen) atoms. The van der Waals surface area contributed by atoms with Gasteiger partial charge >= 0.3 is 16.3 Å². The van der Waals surface area contributed by atoms with E-state index in [9.17, 15) is 27.6 Å². The van der Waals surface area contributed by atoms with E-state index in [0.29, 0.717) is 38.6 Å². The molecular formula is C32H47N5O7S. The molecular weight excluding hydrogens is 598 g/mol. The van der Waals surface area contributed by atoms with Gasteiger partial charge in [-0.05, 0) is 71.3 Å². The molecule has 4 amide bonds. The highest BCUT2D eigenvalue weighted by atomic mass is 32.2. The van der Waals surface area contributed by atoms with Crippen LogP contribution < -0.4 is 15.4 Å². The van der Waals surface area contributed by atoms with Crippen molar-refractivity contribution in [2.75, 3.05) is 20.1 Å². The Hall–Kier alpha value is -3.45. The molecule has 12 nitrogen and oxygen atoms in total. The molecule has 4 atom stereocenters. The number of benzene rings is 1. The van der Waals surface area contributed by atoms with E-state index in [1.54, 1.807) is 20.8 Å². The number of likely N-dealkylation sites (N-methyl/N-ethyl adjacent to an activating group) is 1. The number of carbonyl (C=O) groups excluding carboxylic acids is 4. The minimum Gasteiger partial charge on any atom is -0.444 e. The first kappa shape index (κ1) is 34.4. The van der Waals surface area contributed by atoms with E-state index in [1.165, 1.54) is 11.9 Å². The summed E-state index contributed by atoms with van der Waals surface area (Å²) in [5.74, 6) is -2.09. The van der Waals surface area contributed by atoms with Gasteiger partial charge in [0.2, 0.25) is 11.8 Å². The minimum atomic E-state index is -4.19. The first-order valence-electron chi connectivity index (χ1n) is 15.8. The molecule has 4 rings (SSSR count). The van der Waals surface area contributed by atoms with Crippen molar-refractivity contribution in [3.8, 4) is 0 Å². The van der Waals surface area contributed by atoms with Crippen LogP contribution in [0.3, 0.4) is 0 Å². The summed E-state index contributed by atoms with van der Waals surface area (Å²) >= 11 is 0. The summed E-state index contributed by atoms with van der Waals surface area (Å²) in [6.45, 7) is 5.71. The monoisotopic (exact) mass is 645 g/mol. The van der Waals surface area contributed by atoms with E-state index in [1.807, 2.05) is 42.5 Å². The minimum absolute atomic E-state index is 0.160. The Bertz CT molecular complexity index is 1380. The van der Waals surface area contributed by atoms with Crippen LogP contribution >= 0.6 is 0 Å². The fraction of sp³-hybridized carbons (Fsp3) is 0.625. The summed E-state index contributed by atoms with van der Waals surface area (Å²) in [7, 11) is -2.79. The van der Waals surface area contributed by atoms with Crippen molar-refractivity contribution in [3.05, 3.63) is 48.0 Å². The zero-order valence-electron chi connectivity index (χ0n) is 26.7. The number of fused-ring (bicyclic) bond motifs is 2. The Morgan fingerprint density at radius 2 is 1.82 bits per heavy atom. The fourth-order valence-electron chi connectivity index (χ4n) is 5.88. The van der Waals surface area contributed by atoms with Gasteiger partial charge in [-0.3, -0.25) is 14.4 Å². The highest BCUT2D eigenvalue weighted by Crippen LogP contribution is 2.45. The summed E-state index contributed by atoms with van der Waals surface area (Å²) < 4.78 is 35.0. The van der Waals surface area contributed by atoms with E-state index in [2.05, 4.69) is 15.4 Å². The zero-order valence-corrected chi connectivity index (χ0v) is 27.5. The molecule has 1 aromatic carbocycles. The first-order valence-corrected chi connectivity index (χ1v) is 17.3. The van der Waals surface area contributed by atoms with Crippen LogP contribution in [0.15, 0.2) is 42.5 Å². The van der Waals surface area contributed by atoms with Crippen molar-refractivity contribution < 1.29 is 32.3 Å². The van der Waals surface area contributed by atoms with Gasteiger partial charge in [0.25, 0.3) is 5.91 Å². The van der Waals surface area contributed by atoms with E-state index in [4.69, 9.17) is 4.74 Å². The molecule has 1 saturated heterocycles. The van der Waals surface area contributed by atoms with Gasteiger partial charge in [0, 0.05) is 26.1 Å². The standard InChI is InChI=1S/C32H47N5O7S/c1-31(2,3)44-30(41)33-25-17-12-7-5-6-11-16-24-22-32(24,34-27(38)26-18-13-20-37(26)28(25)39)29(40)35-45(42,43)36(4)21-19-23-14-9-8-10-15-23/h8-11,14-16,24-26H,5-7,12-13,17-22H2,1-4H3,(H,33,41)(H,34,38)(H,35,40)/b16-11-/t24-,25-,26-,32+/m0/s1. The summed E-state index contributed by atoms with van der Waals surface area (Å²) in [5.41, 5.74) is -1.23. The lowest BCUT2D eigenvalue weighted by Gasteiger charge is -2.30. The van der Waals surface area contributed by atoms with Crippen molar-refractivity contribution in [1.82, 2.24) is 24.6 Å². The van der Waals surface area contributed by atoms with Gasteiger partial charge < -0.3 is 20.3 Å². The lowest BCUT2D eigenvalue weighted by atomic mass is 10.0. The topological polar surface area (TPSA) is 154 Å². The second-order valence-corrected chi connectivity index (χ2v) is 15.0. The van der Waals surface area contributed by atoms with Gasteiger partial charge in [0.15, 0.2) is 0 Å². The molecule has 0 radical (unpaired) electrons. The third-order valence-corrected chi connectivity index (χ3v) is 9.96. The molecule has 1 aliphatic carbocycles. The summed E-state index contributed by atoms with van der Waals surface area (Å²) in [4.78, 5) is 55.2. The van der Waals surface area contributed by atoms with Crippen LogP contribution in [0.25, 0.3) is 0 Å². The molecule has 3 N–H and O–H groups in total. The van der Waals surface area contributed by atoms with Gasteiger partial charge in [-0.25, -0.2) is 9.52 Å². The average Bonchev–Trinajstić information content (AvgIpc) is 3.43. The van der Waals surface area contributed by atoms with Gasteiger partial charge in [0.1, 0.15) is 23.2 Å². The zero-order chi connectivity index (χ0) is 32.8. The second-order valence-electron chi connectivity index (χ2n) is 13.2. The normalized spacial score (nSPS) is 26.9. The number of nitrogens with zero attached hydrogens (tertiary/aromatic N) is 2. The highest BCUT2D eigenvalue weighted by molar-refractivity contribution is 7.87. The van der Waals surface area contributed by atoms with E-state index >= 15 is 0 Å². The van der Waals surface area contributed by atoms with Gasteiger partial charge in [-0.2, -0.15) is 12.7 Å². The van der Waals surface area contributed by atoms with Crippen LogP contribution in [0.4, 0.5) is 4.79 Å². The second kappa shape index (κ2) is 14.3. The highest BCUT2D eigenvalue weighted by Gasteiger charge is 2.61. The van der Waals surface area contributed by atoms with Crippen LogP contribution in [-0.4, -0.2) is 84.8 Å².